The van der Waals surface area contributed by atoms with Crippen molar-refractivity contribution in [1.29, 1.82) is 0 Å². The first-order valence-electron chi connectivity index (χ1n) is 7.35. The van der Waals surface area contributed by atoms with Crippen molar-refractivity contribution >= 4 is 0 Å². The van der Waals surface area contributed by atoms with Crippen LogP contribution in [0.5, 0.6) is 11.5 Å². The van der Waals surface area contributed by atoms with Gasteiger partial charge < -0.3 is 14.8 Å². The zero-order valence-corrected chi connectivity index (χ0v) is 12.4. The van der Waals surface area contributed by atoms with Crippen LogP contribution < -0.4 is 14.8 Å². The highest BCUT2D eigenvalue weighted by Crippen LogP contribution is 2.29. The van der Waals surface area contributed by atoms with Crippen molar-refractivity contribution in [2.45, 2.75) is 45.7 Å². The molecule has 0 saturated heterocycles. The van der Waals surface area contributed by atoms with E-state index in [0.29, 0.717) is 19.3 Å². The van der Waals surface area contributed by atoms with Gasteiger partial charge in [-0.3, -0.25) is 0 Å². The molecule has 0 unspecified atom stereocenters. The predicted molar refractivity (Wildman–Crippen MR) is 81.0 cm³/mol. The summed E-state index contributed by atoms with van der Waals surface area (Å²) in [6.45, 7) is 5.96. The van der Waals surface area contributed by atoms with E-state index in [-0.39, 0.29) is 0 Å². The van der Waals surface area contributed by atoms with Crippen molar-refractivity contribution in [3.8, 4) is 23.3 Å². The fourth-order valence-electron chi connectivity index (χ4n) is 1.94. The second-order valence-electron chi connectivity index (χ2n) is 4.89. The third-order valence-electron chi connectivity index (χ3n) is 3.14. The summed E-state index contributed by atoms with van der Waals surface area (Å²) in [6, 6.07) is 6.88. The van der Waals surface area contributed by atoms with Crippen LogP contribution in [-0.2, 0) is 6.54 Å². The van der Waals surface area contributed by atoms with Crippen molar-refractivity contribution in [1.82, 2.24) is 5.32 Å². The third-order valence-corrected chi connectivity index (χ3v) is 3.14. The molecule has 108 valence electrons. The molecule has 1 fully saturated rings. The molecule has 0 amide bonds. The van der Waals surface area contributed by atoms with Crippen LogP contribution in [0.15, 0.2) is 18.2 Å². The zero-order chi connectivity index (χ0) is 14.2. The molecule has 20 heavy (non-hydrogen) atoms. The summed E-state index contributed by atoms with van der Waals surface area (Å²) < 4.78 is 11.4. The summed E-state index contributed by atoms with van der Waals surface area (Å²) in [4.78, 5) is 0. The molecule has 3 heteroatoms. The topological polar surface area (TPSA) is 30.5 Å². The fraction of sp³-hybridized carbons (Fsp3) is 0.529. The molecule has 1 aliphatic carbocycles. The van der Waals surface area contributed by atoms with Gasteiger partial charge >= 0.3 is 0 Å². The van der Waals surface area contributed by atoms with Gasteiger partial charge in [-0.15, -0.1) is 11.8 Å². The zero-order valence-electron chi connectivity index (χ0n) is 12.4. The van der Waals surface area contributed by atoms with Crippen molar-refractivity contribution in [2.75, 3.05) is 13.2 Å². The van der Waals surface area contributed by atoms with E-state index < -0.39 is 0 Å². The number of ether oxygens (including phenoxy) is 2. The molecule has 2 rings (SSSR count). The van der Waals surface area contributed by atoms with E-state index in [1.54, 1.807) is 0 Å². The van der Waals surface area contributed by atoms with Crippen molar-refractivity contribution in [2.24, 2.45) is 0 Å². The number of rotatable bonds is 8. The van der Waals surface area contributed by atoms with E-state index in [1.807, 2.05) is 19.9 Å². The highest BCUT2D eigenvalue weighted by molar-refractivity contribution is 5.43. The van der Waals surface area contributed by atoms with Gasteiger partial charge in [0.2, 0.25) is 0 Å². The lowest BCUT2D eigenvalue weighted by molar-refractivity contribution is 0.281. The maximum Gasteiger partial charge on any atom is 0.161 e. The van der Waals surface area contributed by atoms with Gasteiger partial charge in [-0.2, -0.15) is 0 Å². The predicted octanol–water partition coefficient (Wildman–Crippen LogP) is 3.13. The van der Waals surface area contributed by atoms with Gasteiger partial charge in [0.1, 0.15) is 0 Å². The van der Waals surface area contributed by atoms with Gasteiger partial charge in [0.05, 0.1) is 13.2 Å². The summed E-state index contributed by atoms with van der Waals surface area (Å²) in [5.41, 5.74) is 1.24. The van der Waals surface area contributed by atoms with Gasteiger partial charge in [0, 0.05) is 19.0 Å². The van der Waals surface area contributed by atoms with Crippen LogP contribution in [0.3, 0.4) is 0 Å². The Morgan fingerprint density at radius 2 is 2.10 bits per heavy atom. The largest absolute Gasteiger partial charge is 0.490 e. The lowest BCUT2D eigenvalue weighted by Crippen LogP contribution is -2.15. The fourth-order valence-corrected chi connectivity index (χ4v) is 1.94. The third kappa shape index (κ3) is 4.79. The average molecular weight is 273 g/mol. The van der Waals surface area contributed by atoms with Gasteiger partial charge in [-0.1, -0.05) is 6.07 Å². The Balaban J connectivity index is 1.95. The number of hydrogen-bond donors (Lipinski definition) is 1. The van der Waals surface area contributed by atoms with Crippen LogP contribution in [-0.4, -0.2) is 19.3 Å². The first-order valence-corrected chi connectivity index (χ1v) is 7.35. The Morgan fingerprint density at radius 1 is 1.25 bits per heavy atom. The summed E-state index contributed by atoms with van der Waals surface area (Å²) >= 11 is 0. The maximum absolute atomic E-state index is 5.74. The van der Waals surface area contributed by atoms with Crippen LogP contribution >= 0.6 is 0 Å². The minimum absolute atomic E-state index is 0.598. The maximum atomic E-state index is 5.74. The van der Waals surface area contributed by atoms with Gasteiger partial charge in [-0.25, -0.2) is 0 Å². The summed E-state index contributed by atoms with van der Waals surface area (Å²) in [5.74, 6) is 7.49. The SMILES string of the molecule is CC#CCCOc1ccc(CNC2CC2)cc1OCC. The van der Waals surface area contributed by atoms with Crippen molar-refractivity contribution in [3.05, 3.63) is 23.8 Å². The monoisotopic (exact) mass is 273 g/mol. The molecule has 0 aromatic heterocycles. The first kappa shape index (κ1) is 14.7. The molecule has 1 aromatic carbocycles. The normalized spacial score (nSPS) is 13.5. The first-order chi connectivity index (χ1) is 9.83. The molecule has 0 spiro atoms. The Hall–Kier alpha value is -1.66. The highest BCUT2D eigenvalue weighted by Gasteiger charge is 2.20. The second-order valence-corrected chi connectivity index (χ2v) is 4.89. The Morgan fingerprint density at radius 3 is 2.80 bits per heavy atom. The number of benzene rings is 1. The van der Waals surface area contributed by atoms with E-state index in [4.69, 9.17) is 9.47 Å². The Labute approximate surface area is 121 Å². The van der Waals surface area contributed by atoms with Gasteiger partial charge in [-0.05, 0) is 44.4 Å². The lowest BCUT2D eigenvalue weighted by Gasteiger charge is -2.13. The number of nitrogens with one attached hydrogen (secondary N) is 1. The molecule has 3 nitrogen and oxygen atoms in total. The smallest absolute Gasteiger partial charge is 0.161 e. The summed E-state index contributed by atoms with van der Waals surface area (Å²) in [6.07, 6.45) is 3.35. The quantitative estimate of drug-likeness (QED) is 0.583. The molecule has 0 aliphatic heterocycles. The van der Waals surface area contributed by atoms with Crippen LogP contribution in [0.2, 0.25) is 0 Å². The summed E-state index contributed by atoms with van der Waals surface area (Å²) in [5, 5.41) is 3.51. The Kier molecular flexibility index (Phi) is 5.76. The van der Waals surface area contributed by atoms with Crippen molar-refractivity contribution in [3.63, 3.8) is 0 Å². The van der Waals surface area contributed by atoms with E-state index in [0.717, 1.165) is 24.5 Å². The average Bonchev–Trinajstić information content (AvgIpc) is 3.27. The van der Waals surface area contributed by atoms with Gasteiger partial charge in [0.15, 0.2) is 11.5 Å². The van der Waals surface area contributed by atoms with Crippen LogP contribution in [0.1, 0.15) is 38.7 Å². The molecule has 1 aliphatic rings. The molecule has 0 radical (unpaired) electrons. The molecule has 1 saturated carbocycles. The van der Waals surface area contributed by atoms with Crippen LogP contribution in [0.4, 0.5) is 0 Å². The summed E-state index contributed by atoms with van der Waals surface area (Å²) in [7, 11) is 0. The molecule has 1 N–H and O–H groups in total. The molecule has 0 heterocycles. The van der Waals surface area contributed by atoms with Crippen molar-refractivity contribution < 1.29 is 9.47 Å². The Bertz CT molecular complexity index is 483. The minimum atomic E-state index is 0.598. The molecular formula is C17H23NO2. The molecule has 0 bridgehead atoms. The second kappa shape index (κ2) is 7.81. The standard InChI is InChI=1S/C17H23NO2/c1-3-5-6-11-20-16-10-7-14(12-17(16)19-4-2)13-18-15-8-9-15/h7,10,12,15,18H,4,6,8-9,11,13H2,1-2H3. The lowest BCUT2D eigenvalue weighted by atomic mass is 10.2. The molecular weight excluding hydrogens is 250 g/mol. The molecule has 0 atom stereocenters. The van der Waals surface area contributed by atoms with Crippen LogP contribution in [0, 0.1) is 11.8 Å². The minimum Gasteiger partial charge on any atom is -0.490 e. The van der Waals surface area contributed by atoms with Gasteiger partial charge in [0.25, 0.3) is 0 Å². The van der Waals surface area contributed by atoms with Crippen LogP contribution in [0.25, 0.3) is 0 Å². The van der Waals surface area contributed by atoms with E-state index in [1.165, 1.54) is 18.4 Å². The van der Waals surface area contributed by atoms with E-state index in [2.05, 4.69) is 29.3 Å². The van der Waals surface area contributed by atoms with E-state index in [9.17, 15) is 0 Å². The highest BCUT2D eigenvalue weighted by atomic mass is 16.5. The molecule has 1 aromatic rings. The van der Waals surface area contributed by atoms with E-state index >= 15 is 0 Å². The number of hydrogen-bond acceptors (Lipinski definition) is 3.